The molecule has 0 bridgehead atoms. The van der Waals surface area contributed by atoms with Crippen LogP contribution in [0.3, 0.4) is 0 Å². The average molecular weight is 456 g/mol. The normalized spacial score (nSPS) is 25.3. The smallest absolute Gasteiger partial charge is 0.282 e. The molecule has 3 rings (SSSR count). The Morgan fingerprint density at radius 2 is 2.12 bits per heavy atom. The van der Waals surface area contributed by atoms with Gasteiger partial charge < -0.3 is 9.74 Å². The standard InChI is InChI=1S/C15H17BrF3N3O3S/c1-8-3-9(16)14(10(17)4-8)11-5-13(20-25-11)22-6-12(15(18,19)7-22)21-26(2,23)24/h3-4,11-12,21H,5-7H2,1-2H3/t11?,12-/m1/s1. The molecule has 0 amide bonds. The third-order valence-electron chi connectivity index (χ3n) is 4.23. The van der Waals surface area contributed by atoms with E-state index >= 15 is 0 Å². The monoisotopic (exact) mass is 455 g/mol. The minimum Gasteiger partial charge on any atom is -0.386 e. The molecule has 144 valence electrons. The lowest BCUT2D eigenvalue weighted by Gasteiger charge is -2.17. The van der Waals surface area contributed by atoms with Crippen molar-refractivity contribution in [3.63, 3.8) is 0 Å². The molecule has 0 saturated carbocycles. The summed E-state index contributed by atoms with van der Waals surface area (Å²) in [4.78, 5) is 6.53. The van der Waals surface area contributed by atoms with Crippen molar-refractivity contribution in [1.29, 1.82) is 0 Å². The van der Waals surface area contributed by atoms with Crippen LogP contribution in [0.25, 0.3) is 0 Å². The van der Waals surface area contributed by atoms with Crippen LogP contribution in [-0.4, -0.2) is 50.5 Å². The van der Waals surface area contributed by atoms with Gasteiger partial charge in [-0.25, -0.2) is 26.3 Å². The molecule has 0 spiro atoms. The Morgan fingerprint density at radius 3 is 2.73 bits per heavy atom. The number of amidine groups is 1. The molecule has 6 nitrogen and oxygen atoms in total. The minimum absolute atomic E-state index is 0.111. The molecule has 2 atom stereocenters. The molecule has 11 heteroatoms. The molecule has 1 saturated heterocycles. The van der Waals surface area contributed by atoms with Crippen molar-refractivity contribution >= 4 is 31.8 Å². The summed E-state index contributed by atoms with van der Waals surface area (Å²) in [5.41, 5.74) is 0.997. The Bertz CT molecular complexity index is 840. The average Bonchev–Trinajstić information content (AvgIpc) is 3.02. The van der Waals surface area contributed by atoms with E-state index in [1.165, 1.54) is 11.0 Å². The SMILES string of the molecule is Cc1cc(F)c(C2CC(N3C[C@@H](NS(C)(=O)=O)C(F)(F)C3)=NO2)c(Br)c1. The summed E-state index contributed by atoms with van der Waals surface area (Å²) >= 11 is 3.29. The third kappa shape index (κ3) is 3.99. The van der Waals surface area contributed by atoms with Crippen molar-refractivity contribution in [2.24, 2.45) is 5.16 Å². The van der Waals surface area contributed by atoms with Gasteiger partial charge in [0.05, 0.1) is 19.2 Å². The zero-order valence-electron chi connectivity index (χ0n) is 14.0. The molecule has 2 aliphatic heterocycles. The fourth-order valence-electron chi connectivity index (χ4n) is 3.09. The maximum atomic E-state index is 14.3. The highest BCUT2D eigenvalue weighted by molar-refractivity contribution is 9.10. The van der Waals surface area contributed by atoms with Crippen molar-refractivity contribution < 1.29 is 26.4 Å². The van der Waals surface area contributed by atoms with E-state index in [0.717, 1.165) is 11.8 Å². The van der Waals surface area contributed by atoms with Crippen LogP contribution >= 0.6 is 15.9 Å². The highest BCUT2D eigenvalue weighted by Crippen LogP contribution is 2.37. The number of benzene rings is 1. The maximum absolute atomic E-state index is 14.3. The Balaban J connectivity index is 1.74. The van der Waals surface area contributed by atoms with Gasteiger partial charge in [0, 0.05) is 16.6 Å². The van der Waals surface area contributed by atoms with Crippen molar-refractivity contribution in [3.8, 4) is 0 Å². The molecule has 1 aromatic rings. The van der Waals surface area contributed by atoms with E-state index in [1.54, 1.807) is 13.0 Å². The summed E-state index contributed by atoms with van der Waals surface area (Å²) in [6, 6.07) is 1.54. The van der Waals surface area contributed by atoms with Crippen molar-refractivity contribution in [2.75, 3.05) is 19.3 Å². The van der Waals surface area contributed by atoms with Crippen LogP contribution in [0.5, 0.6) is 0 Å². The summed E-state index contributed by atoms with van der Waals surface area (Å²) in [7, 11) is -3.78. The van der Waals surface area contributed by atoms with Gasteiger partial charge in [-0.15, -0.1) is 0 Å². The molecule has 2 heterocycles. The number of rotatable bonds is 3. The van der Waals surface area contributed by atoms with E-state index in [-0.39, 0.29) is 24.4 Å². The van der Waals surface area contributed by atoms with E-state index in [4.69, 9.17) is 4.84 Å². The zero-order chi connectivity index (χ0) is 19.3. The summed E-state index contributed by atoms with van der Waals surface area (Å²) < 4.78 is 67.5. The first kappa shape index (κ1) is 19.4. The minimum atomic E-state index is -3.78. The van der Waals surface area contributed by atoms with Gasteiger partial charge >= 0.3 is 0 Å². The van der Waals surface area contributed by atoms with E-state index in [0.29, 0.717) is 4.47 Å². The Morgan fingerprint density at radius 1 is 1.42 bits per heavy atom. The number of alkyl halides is 2. The summed E-state index contributed by atoms with van der Waals surface area (Å²) in [5, 5.41) is 3.82. The lowest BCUT2D eigenvalue weighted by atomic mass is 10.0. The van der Waals surface area contributed by atoms with Crippen molar-refractivity contribution in [3.05, 3.63) is 33.5 Å². The molecule has 1 N–H and O–H groups in total. The molecule has 2 aliphatic rings. The molecule has 0 aromatic heterocycles. The molecule has 0 radical (unpaired) electrons. The second-order valence-electron chi connectivity index (χ2n) is 6.53. The van der Waals surface area contributed by atoms with Gasteiger partial charge in [-0.05, 0) is 24.6 Å². The lowest BCUT2D eigenvalue weighted by Crippen LogP contribution is -2.46. The van der Waals surface area contributed by atoms with E-state index in [9.17, 15) is 21.6 Å². The van der Waals surface area contributed by atoms with E-state index in [1.807, 2.05) is 4.72 Å². The molecule has 1 aromatic carbocycles. The number of hydrogen-bond donors (Lipinski definition) is 1. The molecule has 1 fully saturated rings. The van der Waals surface area contributed by atoms with Gasteiger partial charge in [0.2, 0.25) is 10.0 Å². The largest absolute Gasteiger partial charge is 0.386 e. The van der Waals surface area contributed by atoms with E-state index < -0.39 is 40.5 Å². The third-order valence-corrected chi connectivity index (χ3v) is 5.60. The van der Waals surface area contributed by atoms with Gasteiger partial charge in [-0.3, -0.25) is 0 Å². The predicted octanol–water partition coefficient (Wildman–Crippen LogP) is 2.54. The number of oxime groups is 1. The van der Waals surface area contributed by atoms with Crippen LogP contribution in [0.1, 0.15) is 23.7 Å². The van der Waals surface area contributed by atoms with Crippen LogP contribution in [0.2, 0.25) is 0 Å². The molecular weight excluding hydrogens is 439 g/mol. The van der Waals surface area contributed by atoms with Gasteiger partial charge in [-0.2, -0.15) is 0 Å². The summed E-state index contributed by atoms with van der Waals surface area (Å²) in [6.07, 6.45) is 0.200. The Labute approximate surface area is 157 Å². The lowest BCUT2D eigenvalue weighted by molar-refractivity contribution is -0.00123. The number of halogens is 4. The van der Waals surface area contributed by atoms with Gasteiger partial charge in [0.1, 0.15) is 17.7 Å². The zero-order valence-corrected chi connectivity index (χ0v) is 16.4. The van der Waals surface area contributed by atoms with Crippen LogP contribution < -0.4 is 4.72 Å². The first-order chi connectivity index (χ1) is 12.0. The fourth-order valence-corrected chi connectivity index (χ4v) is 4.66. The summed E-state index contributed by atoms with van der Waals surface area (Å²) in [5.74, 6) is -3.49. The molecule has 26 heavy (non-hydrogen) atoms. The predicted molar refractivity (Wildman–Crippen MR) is 93.0 cm³/mol. The van der Waals surface area contributed by atoms with Crippen LogP contribution in [-0.2, 0) is 14.9 Å². The van der Waals surface area contributed by atoms with Crippen molar-refractivity contribution in [1.82, 2.24) is 9.62 Å². The topological polar surface area (TPSA) is 71.0 Å². The highest BCUT2D eigenvalue weighted by atomic mass is 79.9. The number of nitrogens with one attached hydrogen (secondary N) is 1. The first-order valence-corrected chi connectivity index (χ1v) is 10.4. The highest BCUT2D eigenvalue weighted by Gasteiger charge is 2.51. The quantitative estimate of drug-likeness (QED) is 0.759. The van der Waals surface area contributed by atoms with Crippen LogP contribution in [0, 0.1) is 12.7 Å². The molecule has 0 aliphatic carbocycles. The second kappa shape index (κ2) is 6.68. The summed E-state index contributed by atoms with van der Waals surface area (Å²) in [6.45, 7) is 0.815. The number of likely N-dealkylation sites (tertiary alicyclic amines) is 1. The van der Waals surface area contributed by atoms with Gasteiger partial charge in [0.25, 0.3) is 5.92 Å². The van der Waals surface area contributed by atoms with Crippen LogP contribution in [0.15, 0.2) is 21.8 Å². The Hall–Kier alpha value is -1.33. The number of nitrogens with zero attached hydrogens (tertiary/aromatic N) is 2. The maximum Gasteiger partial charge on any atom is 0.282 e. The van der Waals surface area contributed by atoms with Crippen molar-refractivity contribution in [2.45, 2.75) is 31.4 Å². The molecular formula is C15H17BrF3N3O3S. The number of hydrogen-bond acceptors (Lipinski definition) is 5. The number of sulfonamides is 1. The van der Waals surface area contributed by atoms with Gasteiger partial charge in [0.15, 0.2) is 6.10 Å². The van der Waals surface area contributed by atoms with Crippen LogP contribution in [0.4, 0.5) is 13.2 Å². The first-order valence-electron chi connectivity index (χ1n) is 7.74. The molecule has 1 unspecified atom stereocenters. The van der Waals surface area contributed by atoms with Gasteiger partial charge in [-0.1, -0.05) is 21.1 Å². The second-order valence-corrected chi connectivity index (χ2v) is 9.17. The number of aryl methyl sites for hydroxylation is 1. The van der Waals surface area contributed by atoms with E-state index in [2.05, 4.69) is 21.1 Å². The Kier molecular flexibility index (Phi) is 4.99. The fraction of sp³-hybridized carbons (Fsp3) is 0.533.